The number of benzene rings is 1. The molecule has 0 aliphatic carbocycles. The maximum absolute atomic E-state index is 9.00. The van der Waals surface area contributed by atoms with Crippen molar-refractivity contribution in [3.63, 3.8) is 0 Å². The zero-order valence-electron chi connectivity index (χ0n) is 8.12. The topological polar surface area (TPSA) is 23.8 Å². The zero-order valence-corrected chi connectivity index (χ0v) is 8.87. The number of unbranched alkanes of at least 4 members (excludes halogenated alkanes) is 1. The monoisotopic (exact) mass is 207 g/mol. The summed E-state index contributed by atoms with van der Waals surface area (Å²) >= 11 is 5.59. The Morgan fingerprint density at radius 1 is 1.21 bits per heavy atom. The third-order valence-corrected chi connectivity index (χ3v) is 2.50. The Morgan fingerprint density at radius 2 is 1.93 bits per heavy atom. The summed E-state index contributed by atoms with van der Waals surface area (Å²) in [5.74, 6) is 0.715. The van der Waals surface area contributed by atoms with Crippen LogP contribution in [-0.4, -0.2) is 5.88 Å². The highest BCUT2D eigenvalue weighted by Gasteiger charge is 2.08. The van der Waals surface area contributed by atoms with Gasteiger partial charge in [0.1, 0.15) is 0 Å². The van der Waals surface area contributed by atoms with Gasteiger partial charge in [-0.1, -0.05) is 36.8 Å². The fraction of sp³-hybridized carbons (Fsp3) is 0.417. The van der Waals surface area contributed by atoms with Gasteiger partial charge < -0.3 is 0 Å². The maximum atomic E-state index is 9.00. The number of halogens is 1. The summed E-state index contributed by atoms with van der Waals surface area (Å²) in [5.41, 5.74) is 1.12. The molecule has 0 amide bonds. The molecule has 0 N–H and O–H groups in total. The Hall–Kier alpha value is -1.00. The van der Waals surface area contributed by atoms with Crippen LogP contribution in [0.5, 0.6) is 0 Å². The average molecular weight is 208 g/mol. The summed E-state index contributed by atoms with van der Waals surface area (Å²) in [6.07, 6.45) is 2.93. The summed E-state index contributed by atoms with van der Waals surface area (Å²) in [6, 6.07) is 12.3. The van der Waals surface area contributed by atoms with E-state index in [9.17, 15) is 0 Å². The predicted molar refractivity (Wildman–Crippen MR) is 59.4 cm³/mol. The molecule has 0 aliphatic rings. The molecule has 2 heteroatoms. The summed E-state index contributed by atoms with van der Waals surface area (Å²) in [7, 11) is 0. The van der Waals surface area contributed by atoms with Gasteiger partial charge in [0, 0.05) is 5.88 Å². The first-order chi connectivity index (χ1) is 6.88. The van der Waals surface area contributed by atoms with Crippen LogP contribution < -0.4 is 0 Å². The fourth-order valence-electron chi connectivity index (χ4n) is 1.43. The van der Waals surface area contributed by atoms with E-state index >= 15 is 0 Å². The molecule has 74 valence electrons. The molecule has 0 saturated heterocycles. The van der Waals surface area contributed by atoms with Gasteiger partial charge in [0.05, 0.1) is 12.0 Å². The third-order valence-electron chi connectivity index (χ3n) is 2.23. The van der Waals surface area contributed by atoms with Crippen molar-refractivity contribution in [3.8, 4) is 6.07 Å². The molecule has 0 fully saturated rings. The number of rotatable bonds is 5. The van der Waals surface area contributed by atoms with Gasteiger partial charge in [0.25, 0.3) is 0 Å². The van der Waals surface area contributed by atoms with E-state index in [1.54, 1.807) is 0 Å². The van der Waals surface area contributed by atoms with E-state index in [-0.39, 0.29) is 5.92 Å². The molecule has 0 radical (unpaired) electrons. The van der Waals surface area contributed by atoms with Gasteiger partial charge in [-0.3, -0.25) is 0 Å². The number of nitriles is 1. The minimum absolute atomic E-state index is 0.0272. The molecule has 1 aromatic carbocycles. The van der Waals surface area contributed by atoms with Gasteiger partial charge in [0.15, 0.2) is 0 Å². The third kappa shape index (κ3) is 3.40. The van der Waals surface area contributed by atoms with Crippen molar-refractivity contribution in [2.45, 2.75) is 25.2 Å². The molecular weight excluding hydrogens is 194 g/mol. The summed E-state index contributed by atoms with van der Waals surface area (Å²) in [5, 5.41) is 9.00. The van der Waals surface area contributed by atoms with E-state index in [4.69, 9.17) is 16.9 Å². The van der Waals surface area contributed by atoms with E-state index in [2.05, 4.69) is 6.07 Å². The summed E-state index contributed by atoms with van der Waals surface area (Å²) in [4.78, 5) is 0. The second-order valence-corrected chi connectivity index (χ2v) is 3.66. The van der Waals surface area contributed by atoms with Crippen molar-refractivity contribution < 1.29 is 0 Å². The first-order valence-corrected chi connectivity index (χ1v) is 5.42. The smallest absolute Gasteiger partial charge is 0.0712 e. The number of hydrogen-bond donors (Lipinski definition) is 0. The normalized spacial score (nSPS) is 12.0. The van der Waals surface area contributed by atoms with Crippen molar-refractivity contribution in [2.24, 2.45) is 0 Å². The van der Waals surface area contributed by atoms with Crippen LogP contribution in [0.15, 0.2) is 30.3 Å². The van der Waals surface area contributed by atoms with Gasteiger partial charge in [-0.25, -0.2) is 0 Å². The lowest BCUT2D eigenvalue weighted by Crippen LogP contribution is -1.95. The van der Waals surface area contributed by atoms with Crippen LogP contribution in [0.25, 0.3) is 0 Å². The van der Waals surface area contributed by atoms with Gasteiger partial charge in [0.2, 0.25) is 0 Å². The van der Waals surface area contributed by atoms with Crippen LogP contribution in [0.2, 0.25) is 0 Å². The molecule has 0 bridgehead atoms. The lowest BCUT2D eigenvalue weighted by atomic mass is 9.95. The van der Waals surface area contributed by atoms with Crippen molar-refractivity contribution in [1.82, 2.24) is 0 Å². The molecule has 1 aromatic rings. The number of nitrogens with zero attached hydrogens (tertiary/aromatic N) is 1. The molecule has 1 atom stereocenters. The van der Waals surface area contributed by atoms with E-state index in [1.807, 2.05) is 30.3 Å². The molecule has 1 nitrogen and oxygen atoms in total. The number of alkyl halides is 1. The lowest BCUT2D eigenvalue weighted by Gasteiger charge is -2.07. The van der Waals surface area contributed by atoms with Crippen molar-refractivity contribution in [2.75, 3.05) is 5.88 Å². The molecular formula is C12H14ClN. The van der Waals surface area contributed by atoms with E-state index < -0.39 is 0 Å². The molecule has 0 spiro atoms. The Balaban J connectivity index is 2.52. The molecule has 0 saturated carbocycles. The second-order valence-electron chi connectivity index (χ2n) is 3.28. The van der Waals surface area contributed by atoms with Gasteiger partial charge in [-0.2, -0.15) is 5.26 Å². The highest BCUT2D eigenvalue weighted by molar-refractivity contribution is 6.17. The summed E-state index contributed by atoms with van der Waals surface area (Å²) < 4.78 is 0. The van der Waals surface area contributed by atoms with Crippen LogP contribution >= 0.6 is 11.6 Å². The highest BCUT2D eigenvalue weighted by Crippen LogP contribution is 2.20. The standard InChI is InChI=1S/C12H14ClN/c13-9-5-4-8-12(10-14)11-6-2-1-3-7-11/h1-3,6-7,12H,4-5,8-9H2. The second kappa shape index (κ2) is 6.45. The Bertz CT molecular complexity index is 289. The van der Waals surface area contributed by atoms with Crippen molar-refractivity contribution in [3.05, 3.63) is 35.9 Å². The quantitative estimate of drug-likeness (QED) is 0.534. The van der Waals surface area contributed by atoms with Crippen LogP contribution in [0, 0.1) is 11.3 Å². The largest absolute Gasteiger partial charge is 0.198 e. The molecule has 0 heterocycles. The highest BCUT2D eigenvalue weighted by atomic mass is 35.5. The Kier molecular flexibility index (Phi) is 5.11. The molecule has 14 heavy (non-hydrogen) atoms. The van der Waals surface area contributed by atoms with Crippen molar-refractivity contribution >= 4 is 11.6 Å². The van der Waals surface area contributed by atoms with Crippen LogP contribution in [0.3, 0.4) is 0 Å². The SMILES string of the molecule is N#CC(CCCCCl)c1ccccc1. The molecule has 0 aliphatic heterocycles. The molecule has 1 rings (SSSR count). The van der Waals surface area contributed by atoms with Gasteiger partial charge in [-0.05, 0) is 18.4 Å². The van der Waals surface area contributed by atoms with E-state index in [1.165, 1.54) is 0 Å². The van der Waals surface area contributed by atoms with Gasteiger partial charge in [-0.15, -0.1) is 11.6 Å². The zero-order chi connectivity index (χ0) is 10.2. The van der Waals surface area contributed by atoms with Gasteiger partial charge >= 0.3 is 0 Å². The molecule has 0 aromatic heterocycles. The molecule has 1 unspecified atom stereocenters. The Morgan fingerprint density at radius 3 is 2.50 bits per heavy atom. The van der Waals surface area contributed by atoms with Crippen molar-refractivity contribution in [1.29, 1.82) is 5.26 Å². The fourth-order valence-corrected chi connectivity index (χ4v) is 1.62. The maximum Gasteiger partial charge on any atom is 0.0712 e. The Labute approximate surface area is 90.3 Å². The number of hydrogen-bond acceptors (Lipinski definition) is 1. The first kappa shape index (κ1) is 11.1. The van der Waals surface area contributed by atoms with E-state index in [0.29, 0.717) is 5.88 Å². The first-order valence-electron chi connectivity index (χ1n) is 4.89. The minimum Gasteiger partial charge on any atom is -0.198 e. The minimum atomic E-state index is 0.0272. The van der Waals surface area contributed by atoms with E-state index in [0.717, 1.165) is 24.8 Å². The van der Waals surface area contributed by atoms with Crippen LogP contribution in [-0.2, 0) is 0 Å². The van der Waals surface area contributed by atoms with Crippen LogP contribution in [0.1, 0.15) is 30.7 Å². The predicted octanol–water partition coefficient (Wildman–Crippen LogP) is 3.70. The summed E-state index contributed by atoms with van der Waals surface area (Å²) in [6.45, 7) is 0. The van der Waals surface area contributed by atoms with Crippen LogP contribution in [0.4, 0.5) is 0 Å². The lowest BCUT2D eigenvalue weighted by molar-refractivity contribution is 0.673. The average Bonchev–Trinajstić information content (AvgIpc) is 2.26.